The summed E-state index contributed by atoms with van der Waals surface area (Å²) >= 11 is 0. The molecule has 0 saturated heterocycles. The molecule has 8 nitrogen and oxygen atoms in total. The molecule has 0 aliphatic heterocycles. The van der Waals surface area contributed by atoms with Crippen LogP contribution in [-0.2, 0) is 27.9 Å². The number of ether oxygens (including phenoxy) is 2. The number of carbonyl (C=O) groups is 1. The van der Waals surface area contributed by atoms with Crippen molar-refractivity contribution < 1.29 is 32.8 Å². The van der Waals surface area contributed by atoms with Gasteiger partial charge in [-0.25, -0.2) is 4.57 Å². The van der Waals surface area contributed by atoms with Crippen molar-refractivity contribution in [2.75, 3.05) is 33.0 Å². The lowest BCUT2D eigenvalue weighted by atomic mass is 10.1. The van der Waals surface area contributed by atoms with Gasteiger partial charge in [-0.1, -0.05) is 193 Å². The molecule has 0 heterocycles. The standard InChI is InChI=1S/C55H92NO7P/c1-3-5-7-9-11-13-15-17-19-21-23-25-26-27-28-29-30-32-34-36-38-40-42-44-46-48-55(57)63-54(53-62-64(58,59)61-51-49-56)52-60-50-47-45-43-41-39-37-35-33-31-24-22-20-18-16-14-12-10-8-6-4-2/h5-8,11-14,17-20,23-25,27-28,31,35,37,54H,3-4,9-10,15-16,21-22,26,29-30,32-34,36,38-53,56H2,1-2H3,(H,58,59)/b7-5-,8-6-,13-11-,14-12-,19-17-,20-18-,25-23-,28-27-,31-24-,37-35-. The van der Waals surface area contributed by atoms with E-state index in [0.717, 1.165) is 122 Å². The number of allylic oxidation sites excluding steroid dienone is 20. The van der Waals surface area contributed by atoms with Gasteiger partial charge in [-0.3, -0.25) is 13.8 Å². The minimum Gasteiger partial charge on any atom is -0.457 e. The Kier molecular flexibility index (Phi) is 48.4. The van der Waals surface area contributed by atoms with Crippen molar-refractivity contribution in [2.45, 2.75) is 187 Å². The molecule has 0 aromatic heterocycles. The van der Waals surface area contributed by atoms with E-state index < -0.39 is 13.9 Å². The van der Waals surface area contributed by atoms with Crippen molar-refractivity contribution in [3.8, 4) is 0 Å². The van der Waals surface area contributed by atoms with Crippen molar-refractivity contribution in [1.82, 2.24) is 0 Å². The van der Waals surface area contributed by atoms with Crippen LogP contribution in [0, 0.1) is 0 Å². The summed E-state index contributed by atoms with van der Waals surface area (Å²) in [5.74, 6) is -0.351. The Labute approximate surface area is 392 Å². The average molecular weight is 910 g/mol. The molecule has 0 aromatic rings. The number of phosphoric acid groups is 1. The largest absolute Gasteiger partial charge is 0.472 e. The molecular weight excluding hydrogens is 818 g/mol. The topological polar surface area (TPSA) is 117 Å². The van der Waals surface area contributed by atoms with Gasteiger partial charge in [-0.05, 0) is 103 Å². The first-order chi connectivity index (χ1) is 31.4. The minimum absolute atomic E-state index is 0.0875. The lowest BCUT2D eigenvalue weighted by Gasteiger charge is -2.20. The van der Waals surface area contributed by atoms with Crippen molar-refractivity contribution in [1.29, 1.82) is 0 Å². The van der Waals surface area contributed by atoms with E-state index in [2.05, 4.69) is 135 Å². The van der Waals surface area contributed by atoms with Gasteiger partial charge in [-0.2, -0.15) is 0 Å². The maximum absolute atomic E-state index is 12.7. The number of hydrogen-bond donors (Lipinski definition) is 2. The second kappa shape index (κ2) is 50.9. The van der Waals surface area contributed by atoms with Gasteiger partial charge in [0, 0.05) is 19.6 Å². The Morgan fingerprint density at radius 1 is 0.469 bits per heavy atom. The molecule has 0 fully saturated rings. The number of unbranched alkanes of at least 4 members (excludes halogenated alkanes) is 13. The summed E-state index contributed by atoms with van der Waals surface area (Å²) in [6.07, 6.45) is 70.8. The predicted molar refractivity (Wildman–Crippen MR) is 274 cm³/mol. The summed E-state index contributed by atoms with van der Waals surface area (Å²) in [5, 5.41) is 0. The van der Waals surface area contributed by atoms with E-state index >= 15 is 0 Å². The molecule has 0 aliphatic rings. The van der Waals surface area contributed by atoms with Crippen LogP contribution in [0.2, 0.25) is 0 Å². The molecule has 0 radical (unpaired) electrons. The average Bonchev–Trinajstić information content (AvgIpc) is 3.29. The van der Waals surface area contributed by atoms with Crippen LogP contribution < -0.4 is 5.73 Å². The smallest absolute Gasteiger partial charge is 0.457 e. The van der Waals surface area contributed by atoms with E-state index in [4.69, 9.17) is 24.3 Å². The number of phosphoric ester groups is 1. The van der Waals surface area contributed by atoms with E-state index in [1.807, 2.05) is 0 Å². The lowest BCUT2D eigenvalue weighted by molar-refractivity contribution is -0.154. The fraction of sp³-hybridized carbons (Fsp3) is 0.618. The third kappa shape index (κ3) is 49.9. The molecule has 0 aliphatic carbocycles. The quantitative estimate of drug-likeness (QED) is 0.0268. The van der Waals surface area contributed by atoms with Crippen molar-refractivity contribution in [3.63, 3.8) is 0 Å². The molecule has 3 N–H and O–H groups in total. The molecule has 0 rings (SSSR count). The van der Waals surface area contributed by atoms with E-state index in [1.54, 1.807) is 0 Å². The number of carbonyl (C=O) groups excluding carboxylic acids is 1. The summed E-state index contributed by atoms with van der Waals surface area (Å²) in [4.78, 5) is 22.6. The van der Waals surface area contributed by atoms with Gasteiger partial charge >= 0.3 is 13.8 Å². The molecule has 2 atom stereocenters. The molecule has 0 spiro atoms. The third-order valence-electron chi connectivity index (χ3n) is 9.87. The van der Waals surface area contributed by atoms with Crippen LogP contribution >= 0.6 is 7.82 Å². The Hall–Kier alpha value is -3.10. The summed E-state index contributed by atoms with van der Waals surface area (Å²) < 4.78 is 33.5. The molecule has 64 heavy (non-hydrogen) atoms. The zero-order valence-corrected chi connectivity index (χ0v) is 41.4. The number of nitrogens with two attached hydrogens (primary N) is 1. The monoisotopic (exact) mass is 910 g/mol. The van der Waals surface area contributed by atoms with Gasteiger partial charge in [0.1, 0.15) is 6.10 Å². The number of rotatable bonds is 46. The Morgan fingerprint density at radius 3 is 1.23 bits per heavy atom. The Bertz CT molecular complexity index is 1390. The van der Waals surface area contributed by atoms with Crippen LogP contribution in [0.15, 0.2) is 122 Å². The molecule has 0 bridgehead atoms. The fourth-order valence-electron chi connectivity index (χ4n) is 6.28. The third-order valence-corrected chi connectivity index (χ3v) is 10.9. The van der Waals surface area contributed by atoms with Gasteiger partial charge in [-0.15, -0.1) is 0 Å². The van der Waals surface area contributed by atoms with Crippen molar-refractivity contribution >= 4 is 13.8 Å². The number of esters is 1. The van der Waals surface area contributed by atoms with Crippen LogP contribution in [-0.4, -0.2) is 49.9 Å². The fourth-order valence-corrected chi connectivity index (χ4v) is 7.05. The van der Waals surface area contributed by atoms with Crippen molar-refractivity contribution in [2.24, 2.45) is 5.73 Å². The zero-order valence-electron chi connectivity index (χ0n) is 40.5. The molecule has 364 valence electrons. The minimum atomic E-state index is -4.30. The summed E-state index contributed by atoms with van der Waals surface area (Å²) in [6, 6.07) is 0. The first-order valence-corrected chi connectivity index (χ1v) is 26.5. The van der Waals surface area contributed by atoms with Gasteiger partial charge in [0.05, 0.1) is 19.8 Å². The molecule has 0 amide bonds. The maximum Gasteiger partial charge on any atom is 0.472 e. The lowest BCUT2D eigenvalue weighted by Crippen LogP contribution is -2.28. The molecule has 2 unspecified atom stereocenters. The zero-order chi connectivity index (χ0) is 46.5. The highest BCUT2D eigenvalue weighted by molar-refractivity contribution is 7.47. The van der Waals surface area contributed by atoms with Crippen LogP contribution in [0.5, 0.6) is 0 Å². The van der Waals surface area contributed by atoms with E-state index in [1.165, 1.54) is 38.5 Å². The summed E-state index contributed by atoms with van der Waals surface area (Å²) in [6.45, 7) is 4.60. The normalized spacial score (nSPS) is 14.4. The van der Waals surface area contributed by atoms with Gasteiger partial charge in [0.15, 0.2) is 0 Å². The van der Waals surface area contributed by atoms with E-state index in [-0.39, 0.29) is 32.3 Å². The Balaban J connectivity index is 4.06. The maximum atomic E-state index is 12.7. The molecule has 0 aromatic carbocycles. The highest BCUT2D eigenvalue weighted by Crippen LogP contribution is 2.43. The highest BCUT2D eigenvalue weighted by Gasteiger charge is 2.25. The van der Waals surface area contributed by atoms with Crippen LogP contribution in [0.4, 0.5) is 0 Å². The first-order valence-electron chi connectivity index (χ1n) is 25.0. The van der Waals surface area contributed by atoms with Gasteiger partial charge in [0.25, 0.3) is 0 Å². The van der Waals surface area contributed by atoms with Crippen LogP contribution in [0.25, 0.3) is 0 Å². The summed E-state index contributed by atoms with van der Waals surface area (Å²) in [7, 11) is -4.30. The second-order valence-electron chi connectivity index (χ2n) is 15.9. The van der Waals surface area contributed by atoms with Gasteiger partial charge < -0.3 is 20.1 Å². The SMILES string of the molecule is CC/C=C\C/C=C\C/C=C\C/C=C\C/C=C\CCCCCCCCCCCC(=O)OC(COCCCCCC/C=C\C/C=C\C/C=C\C/C=C\C/C=C\CC)COP(=O)(O)OCCN. The van der Waals surface area contributed by atoms with E-state index in [0.29, 0.717) is 13.0 Å². The molecule has 0 saturated carbocycles. The Morgan fingerprint density at radius 2 is 0.828 bits per heavy atom. The van der Waals surface area contributed by atoms with Gasteiger partial charge in [0.2, 0.25) is 0 Å². The predicted octanol–water partition coefficient (Wildman–Crippen LogP) is 15.8. The summed E-state index contributed by atoms with van der Waals surface area (Å²) in [5.41, 5.74) is 5.38. The molecule has 9 heteroatoms. The van der Waals surface area contributed by atoms with E-state index in [9.17, 15) is 14.3 Å². The van der Waals surface area contributed by atoms with Crippen LogP contribution in [0.1, 0.15) is 181 Å². The van der Waals surface area contributed by atoms with Crippen molar-refractivity contribution in [3.05, 3.63) is 122 Å². The number of hydrogen-bond acceptors (Lipinski definition) is 7. The molecular formula is C55H92NO7P. The highest BCUT2D eigenvalue weighted by atomic mass is 31.2. The first kappa shape index (κ1) is 60.9. The van der Waals surface area contributed by atoms with Crippen LogP contribution in [0.3, 0.4) is 0 Å². The second-order valence-corrected chi connectivity index (χ2v) is 17.4.